The molecule has 0 heterocycles. The van der Waals surface area contributed by atoms with Crippen LogP contribution >= 0.6 is 11.6 Å². The second-order valence-electron chi connectivity index (χ2n) is 4.86. The number of nitrogens with one attached hydrogen (secondary N) is 2. The second-order valence-corrected chi connectivity index (χ2v) is 5.26. The van der Waals surface area contributed by atoms with Crippen LogP contribution in [0.1, 0.15) is 11.1 Å². The molecule has 22 heavy (non-hydrogen) atoms. The van der Waals surface area contributed by atoms with Crippen LogP contribution in [0.5, 0.6) is 0 Å². The summed E-state index contributed by atoms with van der Waals surface area (Å²) in [6.45, 7) is 3.71. The number of halogens is 2. The molecule has 0 atom stereocenters. The highest BCUT2D eigenvalue weighted by Crippen LogP contribution is 2.20. The van der Waals surface area contributed by atoms with Crippen molar-refractivity contribution in [2.45, 2.75) is 13.8 Å². The molecule has 0 aliphatic rings. The molecule has 0 fully saturated rings. The topological polar surface area (TPSA) is 58.2 Å². The maximum absolute atomic E-state index is 13.0. The molecule has 0 bridgehead atoms. The zero-order valence-corrected chi connectivity index (χ0v) is 12.8. The summed E-state index contributed by atoms with van der Waals surface area (Å²) in [6, 6.07) is 9.20. The number of amides is 2. The minimum absolute atomic E-state index is 0.132. The van der Waals surface area contributed by atoms with Crippen LogP contribution in [0.25, 0.3) is 0 Å². The van der Waals surface area contributed by atoms with E-state index in [0.29, 0.717) is 5.69 Å². The SMILES string of the molecule is Cc1ccc(C)c(NC(=O)C(=O)Nc2ccc(F)c(Cl)c2)c1. The third-order valence-electron chi connectivity index (χ3n) is 3.02. The lowest BCUT2D eigenvalue weighted by atomic mass is 10.1. The van der Waals surface area contributed by atoms with Crippen molar-refractivity contribution in [2.75, 3.05) is 10.6 Å². The maximum Gasteiger partial charge on any atom is 0.314 e. The van der Waals surface area contributed by atoms with E-state index in [-0.39, 0.29) is 10.7 Å². The fourth-order valence-corrected chi connectivity index (χ4v) is 1.99. The Kier molecular flexibility index (Phi) is 4.78. The van der Waals surface area contributed by atoms with Crippen molar-refractivity contribution in [3.05, 3.63) is 58.4 Å². The van der Waals surface area contributed by atoms with E-state index in [4.69, 9.17) is 11.6 Å². The summed E-state index contributed by atoms with van der Waals surface area (Å²) in [6.07, 6.45) is 0. The molecule has 4 nitrogen and oxygen atoms in total. The number of hydrogen-bond donors (Lipinski definition) is 2. The molecule has 114 valence electrons. The van der Waals surface area contributed by atoms with Gasteiger partial charge >= 0.3 is 11.8 Å². The zero-order valence-electron chi connectivity index (χ0n) is 12.0. The van der Waals surface area contributed by atoms with Crippen LogP contribution in [0.4, 0.5) is 15.8 Å². The van der Waals surface area contributed by atoms with Gasteiger partial charge in [0.2, 0.25) is 0 Å². The van der Waals surface area contributed by atoms with E-state index in [0.717, 1.165) is 17.2 Å². The van der Waals surface area contributed by atoms with Gasteiger partial charge in [0.05, 0.1) is 5.02 Å². The maximum atomic E-state index is 13.0. The van der Waals surface area contributed by atoms with Crippen LogP contribution in [0, 0.1) is 19.7 Å². The van der Waals surface area contributed by atoms with Crippen LogP contribution < -0.4 is 10.6 Å². The van der Waals surface area contributed by atoms with E-state index < -0.39 is 17.6 Å². The number of benzene rings is 2. The van der Waals surface area contributed by atoms with Gasteiger partial charge in [0, 0.05) is 11.4 Å². The van der Waals surface area contributed by atoms with Crippen molar-refractivity contribution in [1.29, 1.82) is 0 Å². The highest BCUT2D eigenvalue weighted by Gasteiger charge is 2.15. The van der Waals surface area contributed by atoms with Crippen molar-refractivity contribution >= 4 is 34.8 Å². The molecule has 0 saturated carbocycles. The Morgan fingerprint density at radius 1 is 1.00 bits per heavy atom. The minimum Gasteiger partial charge on any atom is -0.318 e. The van der Waals surface area contributed by atoms with Crippen LogP contribution in [0.15, 0.2) is 36.4 Å². The van der Waals surface area contributed by atoms with E-state index in [1.54, 1.807) is 6.07 Å². The average molecular weight is 321 g/mol. The summed E-state index contributed by atoms with van der Waals surface area (Å²) >= 11 is 5.62. The van der Waals surface area contributed by atoms with E-state index in [1.165, 1.54) is 12.1 Å². The summed E-state index contributed by atoms with van der Waals surface area (Å²) in [7, 11) is 0. The van der Waals surface area contributed by atoms with Gasteiger partial charge in [-0.1, -0.05) is 23.7 Å². The molecule has 2 aromatic carbocycles. The quantitative estimate of drug-likeness (QED) is 0.829. The monoisotopic (exact) mass is 320 g/mol. The Hall–Kier alpha value is -2.40. The van der Waals surface area contributed by atoms with Crippen molar-refractivity contribution in [2.24, 2.45) is 0 Å². The first kappa shape index (κ1) is 16.0. The van der Waals surface area contributed by atoms with Gasteiger partial charge in [-0.15, -0.1) is 0 Å². The summed E-state index contributed by atoms with van der Waals surface area (Å²) in [5.74, 6) is -2.27. The molecule has 0 aromatic heterocycles. The van der Waals surface area contributed by atoms with E-state index in [9.17, 15) is 14.0 Å². The fourth-order valence-electron chi connectivity index (χ4n) is 1.81. The van der Waals surface area contributed by atoms with Crippen LogP contribution in [0.2, 0.25) is 5.02 Å². The van der Waals surface area contributed by atoms with E-state index in [2.05, 4.69) is 10.6 Å². The van der Waals surface area contributed by atoms with Crippen molar-refractivity contribution in [3.63, 3.8) is 0 Å². The number of anilines is 2. The van der Waals surface area contributed by atoms with Crippen molar-refractivity contribution in [3.8, 4) is 0 Å². The summed E-state index contributed by atoms with van der Waals surface area (Å²) < 4.78 is 13.0. The second kappa shape index (κ2) is 6.58. The number of aryl methyl sites for hydroxylation is 2. The highest BCUT2D eigenvalue weighted by atomic mass is 35.5. The number of carbonyl (C=O) groups excluding carboxylic acids is 2. The van der Waals surface area contributed by atoms with Gasteiger partial charge in [-0.2, -0.15) is 0 Å². The first-order valence-electron chi connectivity index (χ1n) is 6.51. The van der Waals surface area contributed by atoms with Gasteiger partial charge in [0.15, 0.2) is 0 Å². The van der Waals surface area contributed by atoms with Crippen LogP contribution in [0.3, 0.4) is 0 Å². The summed E-state index contributed by atoms with van der Waals surface area (Å²) in [5, 5.41) is 4.77. The standard InChI is InChI=1S/C16H14ClFN2O2/c1-9-3-4-10(2)14(7-9)20-16(22)15(21)19-11-5-6-13(18)12(17)8-11/h3-8H,1-2H3,(H,19,21)(H,20,22). The summed E-state index contributed by atoms with van der Waals surface area (Å²) in [5.41, 5.74) is 2.62. The largest absolute Gasteiger partial charge is 0.318 e. The zero-order chi connectivity index (χ0) is 16.3. The average Bonchev–Trinajstić information content (AvgIpc) is 2.46. The number of rotatable bonds is 2. The molecule has 2 N–H and O–H groups in total. The van der Waals surface area contributed by atoms with Gasteiger partial charge in [-0.25, -0.2) is 4.39 Å². The van der Waals surface area contributed by atoms with Gasteiger partial charge in [-0.3, -0.25) is 9.59 Å². The predicted molar refractivity (Wildman–Crippen MR) is 84.6 cm³/mol. The molecule has 6 heteroatoms. The first-order chi connectivity index (χ1) is 10.4. The lowest BCUT2D eigenvalue weighted by Gasteiger charge is -2.10. The van der Waals surface area contributed by atoms with Crippen molar-refractivity contribution < 1.29 is 14.0 Å². The Morgan fingerprint density at radius 2 is 1.68 bits per heavy atom. The van der Waals surface area contributed by atoms with E-state index >= 15 is 0 Å². The highest BCUT2D eigenvalue weighted by molar-refractivity contribution is 6.43. The smallest absolute Gasteiger partial charge is 0.314 e. The Bertz CT molecular complexity index is 747. The van der Waals surface area contributed by atoms with Crippen LogP contribution in [-0.2, 0) is 9.59 Å². The molecule has 0 saturated heterocycles. The van der Waals surface area contributed by atoms with E-state index in [1.807, 2.05) is 26.0 Å². The van der Waals surface area contributed by atoms with Gasteiger partial charge < -0.3 is 10.6 Å². The Balaban J connectivity index is 2.07. The molecular formula is C16H14ClFN2O2. The molecule has 2 rings (SSSR count). The minimum atomic E-state index is -0.858. The molecule has 0 unspecified atom stereocenters. The molecular weight excluding hydrogens is 307 g/mol. The fraction of sp³-hybridized carbons (Fsp3) is 0.125. The van der Waals surface area contributed by atoms with Gasteiger partial charge in [0.25, 0.3) is 0 Å². The molecule has 0 aliphatic carbocycles. The molecule has 0 spiro atoms. The molecule has 0 aliphatic heterocycles. The van der Waals surface area contributed by atoms with Gasteiger partial charge in [0.1, 0.15) is 5.82 Å². The lowest BCUT2D eigenvalue weighted by Crippen LogP contribution is -2.29. The molecule has 2 amide bonds. The van der Waals surface area contributed by atoms with Crippen molar-refractivity contribution in [1.82, 2.24) is 0 Å². The van der Waals surface area contributed by atoms with Crippen LogP contribution in [-0.4, -0.2) is 11.8 Å². The first-order valence-corrected chi connectivity index (χ1v) is 6.89. The van der Waals surface area contributed by atoms with Gasteiger partial charge in [-0.05, 0) is 49.2 Å². The number of carbonyl (C=O) groups is 2. The number of hydrogen-bond acceptors (Lipinski definition) is 2. The third-order valence-corrected chi connectivity index (χ3v) is 3.31. The lowest BCUT2D eigenvalue weighted by molar-refractivity contribution is -0.133. The predicted octanol–water partition coefficient (Wildman–Crippen LogP) is 3.67. The normalized spacial score (nSPS) is 10.2. The summed E-state index contributed by atoms with van der Waals surface area (Å²) in [4.78, 5) is 23.8. The third kappa shape index (κ3) is 3.83. The Morgan fingerprint density at radius 3 is 2.36 bits per heavy atom. The Labute approximate surface area is 132 Å². The molecule has 2 aromatic rings. The molecule has 0 radical (unpaired) electrons.